The van der Waals surface area contributed by atoms with Gasteiger partial charge in [0, 0.05) is 49.3 Å². The molecule has 1 aliphatic heterocycles. The highest BCUT2D eigenvalue weighted by Gasteiger charge is 2.46. The lowest BCUT2D eigenvalue weighted by Crippen LogP contribution is -2.47. The van der Waals surface area contributed by atoms with Crippen molar-refractivity contribution in [1.29, 1.82) is 5.26 Å². The molecule has 0 radical (unpaired) electrons. The number of nitriles is 1. The molecule has 1 atom stereocenters. The number of fused-ring (bicyclic) bond motifs is 1. The summed E-state index contributed by atoms with van der Waals surface area (Å²) in [6, 6.07) is 8.20. The predicted octanol–water partition coefficient (Wildman–Crippen LogP) is 5.90. The highest BCUT2D eigenvalue weighted by atomic mass is 28.4. The summed E-state index contributed by atoms with van der Waals surface area (Å²) >= 11 is 0. The molecule has 0 fully saturated rings. The van der Waals surface area contributed by atoms with Crippen LogP contribution < -0.4 is 10.1 Å². The summed E-state index contributed by atoms with van der Waals surface area (Å²) in [5.41, 5.74) is 5.24. The van der Waals surface area contributed by atoms with Crippen molar-refractivity contribution >= 4 is 32.7 Å². The second-order valence-corrected chi connectivity index (χ2v) is 18.4. The van der Waals surface area contributed by atoms with E-state index in [9.17, 15) is 10.3 Å². The molecular weight excluding hydrogens is 529 g/mol. The van der Waals surface area contributed by atoms with Gasteiger partial charge in [0.1, 0.15) is 6.07 Å². The Kier molecular flexibility index (Phi) is 8.43. The summed E-state index contributed by atoms with van der Waals surface area (Å²) in [6.45, 7) is 20.5. The van der Waals surface area contributed by atoms with Gasteiger partial charge in [0.2, 0.25) is 5.95 Å². The van der Waals surface area contributed by atoms with Gasteiger partial charge < -0.3 is 19.6 Å². The Bertz CT molecular complexity index is 1460. The van der Waals surface area contributed by atoms with Crippen LogP contribution in [0.4, 0.5) is 17.3 Å². The molecule has 0 spiro atoms. The highest BCUT2D eigenvalue weighted by Crippen LogP contribution is 2.47. The fourth-order valence-electron chi connectivity index (χ4n) is 5.05. The second-order valence-electron chi connectivity index (χ2n) is 13.6. The van der Waals surface area contributed by atoms with E-state index in [1.54, 1.807) is 17.7 Å². The number of anilines is 3. The van der Waals surface area contributed by atoms with Gasteiger partial charge in [-0.1, -0.05) is 41.5 Å². The van der Waals surface area contributed by atoms with Crippen LogP contribution in [0.3, 0.4) is 0 Å². The molecule has 218 valence electrons. The van der Waals surface area contributed by atoms with Gasteiger partial charge in [0.05, 0.1) is 22.6 Å². The van der Waals surface area contributed by atoms with E-state index in [-0.39, 0.29) is 5.04 Å². The van der Waals surface area contributed by atoms with Gasteiger partial charge in [-0.05, 0) is 61.1 Å². The third-order valence-corrected chi connectivity index (χ3v) is 12.9. The molecule has 41 heavy (non-hydrogen) atoms. The number of hydrogen-bond acceptors (Lipinski definition) is 8. The Hall–Kier alpha value is -3.20. The molecule has 4 rings (SSSR count). The lowest BCUT2D eigenvalue weighted by atomic mass is 9.83. The third-order valence-electron chi connectivity index (χ3n) is 8.40. The molecule has 2 aromatic heterocycles. The van der Waals surface area contributed by atoms with E-state index in [1.807, 2.05) is 30.2 Å². The number of aryl methyl sites for hydroxylation is 1. The molecule has 3 heterocycles. The van der Waals surface area contributed by atoms with Crippen molar-refractivity contribution in [2.75, 3.05) is 23.3 Å². The molecule has 0 saturated heterocycles. The molecule has 2 N–H and O–H groups in total. The van der Waals surface area contributed by atoms with E-state index >= 15 is 0 Å². The van der Waals surface area contributed by atoms with Gasteiger partial charge in [-0.25, -0.2) is 9.97 Å². The van der Waals surface area contributed by atoms with Crippen molar-refractivity contribution in [1.82, 2.24) is 19.7 Å². The topological polar surface area (TPSA) is 112 Å². The van der Waals surface area contributed by atoms with E-state index in [2.05, 4.69) is 82.2 Å². The number of rotatable bonds is 9. The molecule has 1 aliphatic rings. The lowest BCUT2D eigenvalue weighted by molar-refractivity contribution is 0.218. The minimum atomic E-state index is -2.03. The van der Waals surface area contributed by atoms with Crippen molar-refractivity contribution < 1.29 is 9.45 Å². The summed E-state index contributed by atoms with van der Waals surface area (Å²) in [5, 5.41) is 29.0. The van der Waals surface area contributed by atoms with Crippen LogP contribution in [0.2, 0.25) is 25.0 Å². The zero-order chi connectivity index (χ0) is 30.3. The molecular formula is C30H44BN7O2Si. The van der Waals surface area contributed by atoms with E-state index in [0.29, 0.717) is 36.3 Å². The minimum absolute atomic E-state index is 0.0715. The quantitative estimate of drug-likeness (QED) is 0.304. The first-order valence-electron chi connectivity index (χ1n) is 14.3. The van der Waals surface area contributed by atoms with Crippen LogP contribution >= 0.6 is 0 Å². The molecule has 1 aromatic carbocycles. The molecule has 0 bridgehead atoms. The zero-order valence-electron chi connectivity index (χ0n) is 26.2. The van der Waals surface area contributed by atoms with Crippen LogP contribution in [-0.4, -0.2) is 53.3 Å². The maximum atomic E-state index is 10.7. The van der Waals surface area contributed by atoms with Crippen LogP contribution in [0.15, 0.2) is 30.6 Å². The SMILES string of the molecule is CB(O)N1C[C@](C)(CO[Si](C)(C)C(C)(C)C)c2cc(-c3ccnc(Nc4cn(C)nc4CC(C)C)n3)cc(C#N)c21. The minimum Gasteiger partial charge on any atom is -0.432 e. The third kappa shape index (κ3) is 6.35. The molecule has 0 aliphatic carbocycles. The van der Waals surface area contributed by atoms with E-state index in [0.717, 1.165) is 34.6 Å². The van der Waals surface area contributed by atoms with E-state index in [1.165, 1.54) is 0 Å². The first-order chi connectivity index (χ1) is 19.0. The summed E-state index contributed by atoms with van der Waals surface area (Å²) in [4.78, 5) is 11.2. The zero-order valence-corrected chi connectivity index (χ0v) is 27.2. The molecule has 3 aromatic rings. The maximum Gasteiger partial charge on any atom is 0.409 e. The van der Waals surface area contributed by atoms with Gasteiger partial charge in [-0.2, -0.15) is 10.4 Å². The van der Waals surface area contributed by atoms with Crippen molar-refractivity contribution in [3.8, 4) is 17.3 Å². The van der Waals surface area contributed by atoms with Crippen molar-refractivity contribution in [2.45, 2.75) is 78.3 Å². The smallest absolute Gasteiger partial charge is 0.409 e. The van der Waals surface area contributed by atoms with Crippen LogP contribution in [0.1, 0.15) is 58.4 Å². The monoisotopic (exact) mass is 573 g/mol. The largest absolute Gasteiger partial charge is 0.432 e. The van der Waals surface area contributed by atoms with Crippen molar-refractivity contribution in [3.63, 3.8) is 0 Å². The number of aromatic nitrogens is 4. The number of nitrogens with zero attached hydrogens (tertiary/aromatic N) is 6. The Morgan fingerprint density at radius 2 is 2.00 bits per heavy atom. The van der Waals surface area contributed by atoms with E-state index < -0.39 is 20.8 Å². The molecule has 11 heteroatoms. The predicted molar refractivity (Wildman–Crippen MR) is 169 cm³/mol. The average molecular weight is 574 g/mol. The Balaban J connectivity index is 1.74. The van der Waals surface area contributed by atoms with Crippen LogP contribution in [-0.2, 0) is 23.3 Å². The summed E-state index contributed by atoms with van der Waals surface area (Å²) in [7, 11) is -0.864. The maximum absolute atomic E-state index is 10.7. The van der Waals surface area contributed by atoms with Gasteiger partial charge in [0.15, 0.2) is 8.32 Å². The number of hydrogen-bond donors (Lipinski definition) is 2. The summed E-state index contributed by atoms with van der Waals surface area (Å²) in [5.74, 6) is 0.929. The van der Waals surface area contributed by atoms with Crippen LogP contribution in [0.5, 0.6) is 0 Å². The second kappa shape index (κ2) is 11.2. The van der Waals surface area contributed by atoms with Gasteiger partial charge >= 0.3 is 7.05 Å². The highest BCUT2D eigenvalue weighted by molar-refractivity contribution is 6.74. The number of nitrogens with one attached hydrogen (secondary N) is 1. The first kappa shape index (κ1) is 30.8. The molecule has 9 nitrogen and oxygen atoms in total. The normalized spacial score (nSPS) is 17.1. The Labute approximate surface area is 246 Å². The summed E-state index contributed by atoms with van der Waals surface area (Å²) in [6.07, 6.45) is 4.51. The Morgan fingerprint density at radius 3 is 2.61 bits per heavy atom. The fraction of sp³-hybridized carbons (Fsp3) is 0.533. The molecule has 0 unspecified atom stereocenters. The van der Waals surface area contributed by atoms with E-state index in [4.69, 9.17) is 9.41 Å². The standard InChI is InChI=1S/C30H44BN7O2Si/c1-20(2)13-25-26(17-37(8)36-25)35-28-33-12-11-24(34-28)21-14-22(16-32)27-23(15-21)30(6,18-38(27)31(7)39)19-40-41(9,10)29(3,4)5/h11-12,14-15,17,20,39H,13,18-19H2,1-10H3,(H,33,34,35)/t30-/m1/s1. The van der Waals surface area contributed by atoms with Gasteiger partial charge in [0.25, 0.3) is 0 Å². The Morgan fingerprint density at radius 1 is 1.29 bits per heavy atom. The van der Waals surface area contributed by atoms with Crippen molar-refractivity contribution in [3.05, 3.63) is 47.4 Å². The molecule has 0 amide bonds. The molecule has 0 saturated carbocycles. The van der Waals surface area contributed by atoms with Crippen molar-refractivity contribution in [2.24, 2.45) is 13.0 Å². The first-order valence-corrected chi connectivity index (χ1v) is 17.3. The van der Waals surface area contributed by atoms with Crippen LogP contribution in [0, 0.1) is 17.2 Å². The van der Waals surface area contributed by atoms with Gasteiger partial charge in [-0.3, -0.25) is 4.68 Å². The fourth-order valence-corrected chi connectivity index (χ4v) is 6.16. The lowest BCUT2D eigenvalue weighted by Gasteiger charge is -2.39. The average Bonchev–Trinajstić information content (AvgIpc) is 3.37. The van der Waals surface area contributed by atoms with Crippen LogP contribution in [0.25, 0.3) is 11.3 Å². The summed E-state index contributed by atoms with van der Waals surface area (Å²) < 4.78 is 8.51. The van der Waals surface area contributed by atoms with Gasteiger partial charge in [-0.15, -0.1) is 0 Å². The number of benzene rings is 1.